The van der Waals surface area contributed by atoms with Crippen LogP contribution in [0.15, 0.2) is 0 Å². The highest BCUT2D eigenvalue weighted by atomic mass is 16.2. The third kappa shape index (κ3) is 2.19. The number of imide groups is 1. The van der Waals surface area contributed by atoms with Gasteiger partial charge in [-0.05, 0) is 38.6 Å². The molecule has 0 aliphatic carbocycles. The van der Waals surface area contributed by atoms with Crippen LogP contribution in [0.1, 0.15) is 39.0 Å². The standard InChI is InChI=1S/C14H22N4O3/c1-2-13(4-3-7-15-13)11(20)18-8-5-14(6-9-18)10(19)16-12(21)17-14/h15H,2-9H2,1H3,(H2,16,17,19,21). The number of carbonyl (C=O) groups excluding carboxylic acids is 3. The van der Waals surface area contributed by atoms with Crippen molar-refractivity contribution in [2.75, 3.05) is 19.6 Å². The molecule has 3 rings (SSSR count). The normalized spacial score (nSPS) is 31.4. The second-order valence-corrected chi connectivity index (χ2v) is 6.25. The average molecular weight is 294 g/mol. The number of rotatable bonds is 2. The van der Waals surface area contributed by atoms with Crippen molar-refractivity contribution in [3.63, 3.8) is 0 Å². The number of carbonyl (C=O) groups is 3. The zero-order chi connectivity index (χ0) is 15.1. The lowest BCUT2D eigenvalue weighted by molar-refractivity contribution is -0.141. The number of amides is 4. The van der Waals surface area contributed by atoms with Gasteiger partial charge in [-0.25, -0.2) is 4.79 Å². The summed E-state index contributed by atoms with van der Waals surface area (Å²) in [6.07, 6.45) is 3.65. The number of nitrogens with one attached hydrogen (secondary N) is 3. The number of nitrogens with zero attached hydrogens (tertiary/aromatic N) is 1. The lowest BCUT2D eigenvalue weighted by Gasteiger charge is -2.41. The number of urea groups is 1. The Bertz CT molecular complexity index is 477. The van der Waals surface area contributed by atoms with E-state index in [0.717, 1.165) is 25.8 Å². The van der Waals surface area contributed by atoms with Crippen LogP contribution < -0.4 is 16.0 Å². The summed E-state index contributed by atoms with van der Waals surface area (Å²) >= 11 is 0. The van der Waals surface area contributed by atoms with Gasteiger partial charge in [-0.2, -0.15) is 0 Å². The van der Waals surface area contributed by atoms with Gasteiger partial charge in [0.15, 0.2) is 0 Å². The van der Waals surface area contributed by atoms with Gasteiger partial charge in [-0.3, -0.25) is 14.9 Å². The molecular weight excluding hydrogens is 272 g/mol. The van der Waals surface area contributed by atoms with Crippen LogP contribution in [0.5, 0.6) is 0 Å². The topological polar surface area (TPSA) is 90.5 Å². The highest BCUT2D eigenvalue weighted by Crippen LogP contribution is 2.30. The molecular formula is C14H22N4O3. The molecule has 1 unspecified atom stereocenters. The summed E-state index contributed by atoms with van der Waals surface area (Å²) < 4.78 is 0. The Morgan fingerprint density at radius 3 is 2.43 bits per heavy atom. The van der Waals surface area contributed by atoms with E-state index in [9.17, 15) is 14.4 Å². The molecule has 1 spiro atoms. The van der Waals surface area contributed by atoms with Crippen LogP contribution in [0.25, 0.3) is 0 Å². The van der Waals surface area contributed by atoms with Gasteiger partial charge in [0.2, 0.25) is 5.91 Å². The summed E-state index contributed by atoms with van der Waals surface area (Å²) in [5.41, 5.74) is -1.23. The maximum absolute atomic E-state index is 12.8. The van der Waals surface area contributed by atoms with Crippen LogP contribution in [0.2, 0.25) is 0 Å². The van der Waals surface area contributed by atoms with Crippen molar-refractivity contribution in [2.24, 2.45) is 0 Å². The molecule has 3 heterocycles. The van der Waals surface area contributed by atoms with E-state index >= 15 is 0 Å². The third-order valence-electron chi connectivity index (χ3n) is 5.18. The van der Waals surface area contributed by atoms with E-state index in [0.29, 0.717) is 25.9 Å². The minimum absolute atomic E-state index is 0.141. The van der Waals surface area contributed by atoms with E-state index in [1.165, 1.54) is 0 Å². The molecule has 7 nitrogen and oxygen atoms in total. The van der Waals surface area contributed by atoms with Crippen LogP contribution in [-0.2, 0) is 9.59 Å². The molecule has 1 atom stereocenters. The summed E-state index contributed by atoms with van der Waals surface area (Å²) in [7, 11) is 0. The van der Waals surface area contributed by atoms with E-state index in [1.807, 2.05) is 11.8 Å². The van der Waals surface area contributed by atoms with E-state index in [4.69, 9.17) is 0 Å². The largest absolute Gasteiger partial charge is 0.341 e. The van der Waals surface area contributed by atoms with E-state index in [-0.39, 0.29) is 11.8 Å². The van der Waals surface area contributed by atoms with Crippen LogP contribution in [0, 0.1) is 0 Å². The molecule has 3 aliphatic rings. The Labute approximate surface area is 123 Å². The van der Waals surface area contributed by atoms with Gasteiger partial charge in [0.25, 0.3) is 5.91 Å². The van der Waals surface area contributed by atoms with Crippen LogP contribution in [0.4, 0.5) is 4.79 Å². The summed E-state index contributed by atoms with van der Waals surface area (Å²) in [5.74, 6) is -0.120. The van der Waals surface area contributed by atoms with Gasteiger partial charge in [-0.15, -0.1) is 0 Å². The van der Waals surface area contributed by atoms with Gasteiger partial charge in [0, 0.05) is 13.1 Å². The highest BCUT2D eigenvalue weighted by Gasteiger charge is 2.50. The van der Waals surface area contributed by atoms with Gasteiger partial charge < -0.3 is 15.5 Å². The maximum atomic E-state index is 12.8. The molecule has 3 saturated heterocycles. The van der Waals surface area contributed by atoms with Crippen LogP contribution >= 0.6 is 0 Å². The average Bonchev–Trinajstić information content (AvgIpc) is 3.06. The first-order valence-corrected chi connectivity index (χ1v) is 7.69. The lowest BCUT2D eigenvalue weighted by atomic mass is 9.85. The van der Waals surface area contributed by atoms with Crippen LogP contribution in [0.3, 0.4) is 0 Å². The molecule has 0 aromatic rings. The van der Waals surface area contributed by atoms with Gasteiger partial charge in [0.1, 0.15) is 5.54 Å². The molecule has 0 radical (unpaired) electrons. The zero-order valence-corrected chi connectivity index (χ0v) is 12.3. The SMILES string of the molecule is CCC1(C(=O)N2CCC3(CC2)NC(=O)NC3=O)CCCN1. The van der Waals surface area contributed by atoms with Gasteiger partial charge in [0.05, 0.1) is 5.54 Å². The maximum Gasteiger partial charge on any atom is 0.322 e. The van der Waals surface area contributed by atoms with Crippen molar-refractivity contribution in [1.82, 2.24) is 20.9 Å². The number of likely N-dealkylation sites (tertiary alicyclic amines) is 1. The van der Waals surface area contributed by atoms with Gasteiger partial charge >= 0.3 is 6.03 Å². The van der Waals surface area contributed by atoms with Gasteiger partial charge in [-0.1, -0.05) is 6.92 Å². The second kappa shape index (κ2) is 4.98. The Morgan fingerprint density at radius 2 is 1.95 bits per heavy atom. The first-order chi connectivity index (χ1) is 10.0. The van der Waals surface area contributed by atoms with Crippen LogP contribution in [-0.4, -0.2) is 53.5 Å². The predicted octanol–water partition coefficient (Wildman–Crippen LogP) is -0.281. The molecule has 4 amide bonds. The van der Waals surface area contributed by atoms with Crippen molar-refractivity contribution < 1.29 is 14.4 Å². The molecule has 116 valence electrons. The molecule has 0 saturated carbocycles. The van der Waals surface area contributed by atoms with E-state index in [2.05, 4.69) is 16.0 Å². The van der Waals surface area contributed by atoms with E-state index in [1.54, 1.807) is 0 Å². The quantitative estimate of drug-likeness (QED) is 0.611. The first kappa shape index (κ1) is 14.3. The highest BCUT2D eigenvalue weighted by molar-refractivity contribution is 6.07. The molecule has 0 aromatic carbocycles. The molecule has 7 heteroatoms. The number of hydrogen-bond donors (Lipinski definition) is 3. The summed E-state index contributed by atoms with van der Waals surface area (Å²) in [6, 6.07) is -0.428. The third-order valence-corrected chi connectivity index (χ3v) is 5.18. The Kier molecular flexibility index (Phi) is 3.39. The summed E-state index contributed by atoms with van der Waals surface area (Å²) in [6.45, 7) is 3.94. The molecule has 0 aromatic heterocycles. The minimum atomic E-state index is -0.809. The zero-order valence-electron chi connectivity index (χ0n) is 12.3. The van der Waals surface area contributed by atoms with Crippen molar-refractivity contribution in [1.29, 1.82) is 0 Å². The second-order valence-electron chi connectivity index (χ2n) is 6.25. The Morgan fingerprint density at radius 1 is 1.24 bits per heavy atom. The molecule has 0 bridgehead atoms. The Hall–Kier alpha value is -1.63. The van der Waals surface area contributed by atoms with Crippen molar-refractivity contribution in [3.8, 4) is 0 Å². The summed E-state index contributed by atoms with van der Waals surface area (Å²) in [5, 5.41) is 8.36. The molecule has 3 N–H and O–H groups in total. The first-order valence-electron chi connectivity index (χ1n) is 7.69. The van der Waals surface area contributed by atoms with Crippen molar-refractivity contribution in [2.45, 2.75) is 50.1 Å². The molecule has 21 heavy (non-hydrogen) atoms. The fourth-order valence-corrected chi connectivity index (χ4v) is 3.72. The number of hydrogen-bond acceptors (Lipinski definition) is 4. The van der Waals surface area contributed by atoms with E-state index < -0.39 is 17.1 Å². The molecule has 3 fully saturated rings. The summed E-state index contributed by atoms with van der Waals surface area (Å²) in [4.78, 5) is 37.8. The number of piperidine rings is 1. The fraction of sp³-hybridized carbons (Fsp3) is 0.786. The lowest BCUT2D eigenvalue weighted by Crippen LogP contribution is -2.60. The van der Waals surface area contributed by atoms with Crippen molar-refractivity contribution in [3.05, 3.63) is 0 Å². The van der Waals surface area contributed by atoms with Crippen molar-refractivity contribution >= 4 is 17.8 Å². The predicted molar refractivity (Wildman–Crippen MR) is 75.5 cm³/mol. The minimum Gasteiger partial charge on any atom is -0.341 e. The monoisotopic (exact) mass is 294 g/mol. The molecule has 3 aliphatic heterocycles. The Balaban J connectivity index is 1.67. The fourth-order valence-electron chi connectivity index (χ4n) is 3.72. The smallest absolute Gasteiger partial charge is 0.322 e.